The van der Waals surface area contributed by atoms with Gasteiger partial charge in [-0.05, 0) is 49.0 Å². The molecule has 1 aromatic heterocycles. The third kappa shape index (κ3) is 4.69. The molecule has 0 unspecified atom stereocenters. The number of nitrogens with two attached hydrogens (primary N) is 3. The minimum Gasteiger partial charge on any atom is -0.370 e. The Kier molecular flexibility index (Phi) is 6.02. The van der Waals surface area contributed by atoms with Crippen LogP contribution in [-0.2, 0) is 16.1 Å². The molecule has 3 saturated carbocycles. The fourth-order valence-corrected chi connectivity index (χ4v) is 5.34. The van der Waals surface area contributed by atoms with Crippen LogP contribution in [0.5, 0.6) is 0 Å². The molecule has 3 fully saturated rings. The molecule has 1 aromatic carbocycles. The van der Waals surface area contributed by atoms with E-state index in [1.54, 1.807) is 17.3 Å². The number of nitrogens with zero attached hydrogens (tertiary/aromatic N) is 4. The lowest BCUT2D eigenvalue weighted by atomic mass is 9.34. The molecule has 2 aromatic rings. The summed E-state index contributed by atoms with van der Waals surface area (Å²) >= 11 is 0. The number of carbonyl (C=O) groups excluding carboxylic acids is 2. The van der Waals surface area contributed by atoms with Gasteiger partial charge < -0.3 is 32.7 Å². The molecule has 3 aliphatic carbocycles. The van der Waals surface area contributed by atoms with E-state index in [0.717, 1.165) is 23.3 Å². The Morgan fingerprint density at radius 1 is 1.00 bits per heavy atom. The van der Waals surface area contributed by atoms with E-state index >= 15 is 0 Å². The van der Waals surface area contributed by atoms with Gasteiger partial charge in [-0.1, -0.05) is 18.2 Å². The fraction of sp³-hybridized carbons (Fsp3) is 0.360. The molecule has 6 rings (SSSR count). The zero-order valence-corrected chi connectivity index (χ0v) is 20.3. The molecule has 4 aliphatic rings. The summed E-state index contributed by atoms with van der Waals surface area (Å²) in [5.41, 5.74) is 18.6. The quantitative estimate of drug-likeness (QED) is 0.237. The number of hydrogen-bond donors (Lipinski definition) is 6. The first-order valence-electron chi connectivity index (χ1n) is 12.1. The summed E-state index contributed by atoms with van der Waals surface area (Å²) in [6, 6.07) is 7.34. The third-order valence-electron chi connectivity index (χ3n) is 7.42. The monoisotopic (exact) mass is 502 g/mol. The van der Waals surface area contributed by atoms with Crippen LogP contribution in [0.1, 0.15) is 36.9 Å². The number of aliphatic imine (C=N–C) groups is 1. The third-order valence-corrected chi connectivity index (χ3v) is 7.42. The number of amides is 2. The Morgan fingerprint density at radius 3 is 2.22 bits per heavy atom. The SMILES string of the molecule is N=C(N)N1CC=C(c2cnc(NC(=O)C34CC(C(=O)Nc5ccc(CN=C(N)N)cc5)(C3)C4)cn2)CC1. The highest BCUT2D eigenvalue weighted by molar-refractivity contribution is 6.05. The normalized spacial score (nSPS) is 23.6. The van der Waals surface area contributed by atoms with Gasteiger partial charge in [0.05, 0.1) is 35.5 Å². The predicted octanol–water partition coefficient (Wildman–Crippen LogP) is 0.980. The molecule has 0 radical (unpaired) electrons. The number of rotatable bonds is 7. The molecule has 192 valence electrons. The largest absolute Gasteiger partial charge is 0.370 e. The smallest absolute Gasteiger partial charge is 0.231 e. The van der Waals surface area contributed by atoms with E-state index in [4.69, 9.17) is 22.6 Å². The van der Waals surface area contributed by atoms with Gasteiger partial charge in [0, 0.05) is 18.8 Å². The number of nitrogens with one attached hydrogen (secondary N) is 3. The van der Waals surface area contributed by atoms with Crippen LogP contribution in [0.2, 0.25) is 0 Å². The lowest BCUT2D eigenvalue weighted by molar-refractivity contribution is -0.201. The first-order valence-corrected chi connectivity index (χ1v) is 12.1. The van der Waals surface area contributed by atoms with Crippen molar-refractivity contribution in [2.45, 2.75) is 32.2 Å². The highest BCUT2D eigenvalue weighted by atomic mass is 16.2. The number of carbonyl (C=O) groups is 2. The summed E-state index contributed by atoms with van der Waals surface area (Å²) < 4.78 is 0. The van der Waals surface area contributed by atoms with Crippen LogP contribution in [0.4, 0.5) is 11.5 Å². The summed E-state index contributed by atoms with van der Waals surface area (Å²) in [7, 11) is 0. The molecule has 9 N–H and O–H groups in total. The molecule has 0 saturated heterocycles. The molecule has 0 atom stereocenters. The van der Waals surface area contributed by atoms with Gasteiger partial charge in [0.15, 0.2) is 17.7 Å². The average Bonchev–Trinajstić information content (AvgIpc) is 2.82. The lowest BCUT2D eigenvalue weighted by Gasteiger charge is -2.67. The first kappa shape index (κ1) is 24.2. The minimum absolute atomic E-state index is 0.0309. The van der Waals surface area contributed by atoms with Gasteiger partial charge in [0.2, 0.25) is 11.8 Å². The number of anilines is 2. The van der Waals surface area contributed by atoms with Crippen LogP contribution in [0.25, 0.3) is 5.57 Å². The van der Waals surface area contributed by atoms with Crippen molar-refractivity contribution in [3.63, 3.8) is 0 Å². The minimum atomic E-state index is -0.524. The van der Waals surface area contributed by atoms with Crippen molar-refractivity contribution in [3.8, 4) is 0 Å². The van der Waals surface area contributed by atoms with Crippen molar-refractivity contribution in [2.24, 2.45) is 33.0 Å². The highest BCUT2D eigenvalue weighted by Gasteiger charge is 2.74. The van der Waals surface area contributed by atoms with E-state index in [-0.39, 0.29) is 23.7 Å². The molecule has 1 aliphatic heterocycles. The molecular weight excluding hydrogens is 472 g/mol. The number of hydrogen-bond acceptors (Lipinski definition) is 6. The maximum atomic E-state index is 12.9. The number of aromatic nitrogens is 2. The molecular formula is C25H30N10O2. The second kappa shape index (κ2) is 9.19. The van der Waals surface area contributed by atoms with Crippen LogP contribution < -0.4 is 27.8 Å². The van der Waals surface area contributed by atoms with Gasteiger partial charge in [-0.3, -0.25) is 20.0 Å². The molecule has 12 nitrogen and oxygen atoms in total. The van der Waals surface area contributed by atoms with Crippen molar-refractivity contribution < 1.29 is 9.59 Å². The van der Waals surface area contributed by atoms with Crippen molar-refractivity contribution in [3.05, 3.63) is 54.0 Å². The lowest BCUT2D eigenvalue weighted by Crippen LogP contribution is -2.70. The van der Waals surface area contributed by atoms with Gasteiger partial charge >= 0.3 is 0 Å². The highest BCUT2D eigenvalue weighted by Crippen LogP contribution is 2.73. The molecule has 2 heterocycles. The summed E-state index contributed by atoms with van der Waals surface area (Å²) in [5.74, 6) is 0.291. The van der Waals surface area contributed by atoms with Crippen molar-refractivity contribution in [1.82, 2.24) is 14.9 Å². The predicted molar refractivity (Wildman–Crippen MR) is 140 cm³/mol. The van der Waals surface area contributed by atoms with Crippen LogP contribution in [0, 0.1) is 16.2 Å². The molecule has 2 amide bonds. The van der Waals surface area contributed by atoms with Gasteiger partial charge in [-0.15, -0.1) is 0 Å². The van der Waals surface area contributed by atoms with E-state index in [1.807, 2.05) is 30.3 Å². The van der Waals surface area contributed by atoms with Gasteiger partial charge in [-0.25, -0.2) is 9.98 Å². The molecule has 2 bridgehead atoms. The van der Waals surface area contributed by atoms with E-state index in [9.17, 15) is 9.59 Å². The molecule has 37 heavy (non-hydrogen) atoms. The van der Waals surface area contributed by atoms with E-state index in [0.29, 0.717) is 50.4 Å². The second-order valence-corrected chi connectivity index (χ2v) is 10.0. The first-order chi connectivity index (χ1) is 17.7. The Labute approximate surface area is 213 Å². The maximum Gasteiger partial charge on any atom is 0.231 e. The van der Waals surface area contributed by atoms with Crippen molar-refractivity contribution in [1.29, 1.82) is 5.41 Å². The Morgan fingerprint density at radius 2 is 1.68 bits per heavy atom. The molecule has 0 spiro atoms. The number of benzene rings is 1. The fourth-order valence-electron chi connectivity index (χ4n) is 5.34. The Balaban J connectivity index is 1.11. The maximum absolute atomic E-state index is 12.9. The van der Waals surface area contributed by atoms with Crippen LogP contribution in [0.15, 0.2) is 47.7 Å². The second-order valence-electron chi connectivity index (χ2n) is 10.0. The van der Waals surface area contributed by atoms with Crippen LogP contribution in [0.3, 0.4) is 0 Å². The van der Waals surface area contributed by atoms with Gasteiger partial charge in [0.1, 0.15) is 0 Å². The standard InChI is InChI=1S/C25H30N10O2/c26-22(27)32-9-15-1-3-17(4-2-15)33-20(36)24-12-25(13-24,14-24)21(37)34-19-11-30-18(10-31-19)16-5-7-35(8-6-16)23(28)29/h1-5,10-11H,6-9,12-14H2,(H3,28,29)(H,33,36)(H4,26,27,32)(H,31,34,37). The van der Waals surface area contributed by atoms with E-state index in [1.165, 1.54) is 0 Å². The van der Waals surface area contributed by atoms with Crippen LogP contribution >= 0.6 is 0 Å². The zero-order chi connectivity index (χ0) is 26.2. The van der Waals surface area contributed by atoms with Gasteiger partial charge in [-0.2, -0.15) is 0 Å². The molecule has 12 heteroatoms. The summed E-state index contributed by atoms with van der Waals surface area (Å²) in [6.45, 7) is 1.60. The van der Waals surface area contributed by atoms with Crippen LogP contribution in [-0.4, -0.2) is 51.7 Å². The van der Waals surface area contributed by atoms with E-state index in [2.05, 4.69) is 25.6 Å². The van der Waals surface area contributed by atoms with Crippen molar-refractivity contribution in [2.75, 3.05) is 23.7 Å². The Bertz CT molecular complexity index is 1280. The summed E-state index contributed by atoms with van der Waals surface area (Å²) in [5, 5.41) is 13.3. The Hall–Kier alpha value is -4.48. The summed E-state index contributed by atoms with van der Waals surface area (Å²) in [6.07, 6.45) is 7.46. The topological polar surface area (TPSA) is 201 Å². The van der Waals surface area contributed by atoms with E-state index < -0.39 is 10.8 Å². The summed E-state index contributed by atoms with van der Waals surface area (Å²) in [4.78, 5) is 40.3. The van der Waals surface area contributed by atoms with Crippen molar-refractivity contribution >= 4 is 40.8 Å². The zero-order valence-electron chi connectivity index (χ0n) is 20.3. The van der Waals surface area contributed by atoms with Gasteiger partial charge in [0.25, 0.3) is 0 Å². The average molecular weight is 503 g/mol. The number of guanidine groups is 2.